The molecule has 0 bridgehead atoms. The molecule has 0 aliphatic rings. The highest BCUT2D eigenvalue weighted by Crippen LogP contribution is 2.35. The van der Waals surface area contributed by atoms with Gasteiger partial charge in [0.05, 0.1) is 7.11 Å². The molecule has 0 radical (unpaired) electrons. The standard InChI is InChI=1S/C19H24BrNO2/c1-3-4-10-21-13-16-11-17(20)12-18(22-2)19(16)23-14-15-8-6-5-7-9-15/h5-9,11-12,21H,3-4,10,13-14H2,1-2H3. The number of ether oxygens (including phenoxy) is 2. The second kappa shape index (κ2) is 9.58. The monoisotopic (exact) mass is 377 g/mol. The molecule has 1 N–H and O–H groups in total. The van der Waals surface area contributed by atoms with E-state index in [0.29, 0.717) is 6.61 Å². The maximum Gasteiger partial charge on any atom is 0.166 e. The summed E-state index contributed by atoms with van der Waals surface area (Å²) in [7, 11) is 1.67. The van der Waals surface area contributed by atoms with E-state index in [0.717, 1.165) is 40.2 Å². The van der Waals surface area contributed by atoms with E-state index in [4.69, 9.17) is 9.47 Å². The van der Waals surface area contributed by atoms with E-state index < -0.39 is 0 Å². The van der Waals surface area contributed by atoms with Crippen LogP contribution in [0.2, 0.25) is 0 Å². The first-order chi connectivity index (χ1) is 11.2. The van der Waals surface area contributed by atoms with E-state index in [2.05, 4.69) is 46.4 Å². The van der Waals surface area contributed by atoms with Crippen LogP contribution in [0.5, 0.6) is 11.5 Å². The van der Waals surface area contributed by atoms with Gasteiger partial charge in [0.1, 0.15) is 6.61 Å². The average Bonchev–Trinajstić information content (AvgIpc) is 2.58. The van der Waals surface area contributed by atoms with Crippen LogP contribution in [-0.4, -0.2) is 13.7 Å². The fourth-order valence-corrected chi connectivity index (χ4v) is 2.81. The van der Waals surface area contributed by atoms with Crippen molar-refractivity contribution in [1.82, 2.24) is 5.32 Å². The lowest BCUT2D eigenvalue weighted by Crippen LogP contribution is -2.15. The number of nitrogens with one attached hydrogen (secondary N) is 1. The van der Waals surface area contributed by atoms with Crippen molar-refractivity contribution in [3.8, 4) is 11.5 Å². The molecule has 2 rings (SSSR count). The smallest absolute Gasteiger partial charge is 0.166 e. The van der Waals surface area contributed by atoms with Crippen LogP contribution in [0.25, 0.3) is 0 Å². The van der Waals surface area contributed by atoms with Crippen LogP contribution >= 0.6 is 15.9 Å². The number of rotatable bonds is 9. The minimum atomic E-state index is 0.529. The Bertz CT molecular complexity index is 602. The Hall–Kier alpha value is -1.52. The molecule has 0 fully saturated rings. The van der Waals surface area contributed by atoms with Crippen molar-refractivity contribution < 1.29 is 9.47 Å². The molecule has 2 aromatic carbocycles. The minimum Gasteiger partial charge on any atom is -0.493 e. The van der Waals surface area contributed by atoms with Gasteiger partial charge in [-0.15, -0.1) is 0 Å². The molecule has 0 heterocycles. The van der Waals surface area contributed by atoms with Crippen molar-refractivity contribution in [3.05, 3.63) is 58.1 Å². The molecule has 0 saturated carbocycles. The molecule has 0 amide bonds. The normalized spacial score (nSPS) is 10.6. The SMILES string of the molecule is CCCCNCc1cc(Br)cc(OC)c1OCc1ccccc1. The van der Waals surface area contributed by atoms with Crippen molar-refractivity contribution in [2.45, 2.75) is 32.9 Å². The van der Waals surface area contributed by atoms with Gasteiger partial charge in [-0.2, -0.15) is 0 Å². The average molecular weight is 378 g/mol. The summed E-state index contributed by atoms with van der Waals surface area (Å²) in [6.45, 7) is 4.49. The summed E-state index contributed by atoms with van der Waals surface area (Å²) >= 11 is 3.54. The molecule has 2 aromatic rings. The number of halogens is 1. The van der Waals surface area contributed by atoms with Crippen molar-refractivity contribution in [2.24, 2.45) is 0 Å². The lowest BCUT2D eigenvalue weighted by Gasteiger charge is -2.16. The molecule has 0 unspecified atom stereocenters. The zero-order valence-corrected chi connectivity index (χ0v) is 15.4. The van der Waals surface area contributed by atoms with Gasteiger partial charge >= 0.3 is 0 Å². The van der Waals surface area contributed by atoms with Crippen LogP contribution in [-0.2, 0) is 13.2 Å². The third kappa shape index (κ3) is 5.56. The van der Waals surface area contributed by atoms with Crippen molar-refractivity contribution >= 4 is 15.9 Å². The van der Waals surface area contributed by atoms with Gasteiger partial charge in [-0.3, -0.25) is 0 Å². The van der Waals surface area contributed by atoms with Crippen LogP contribution in [0.4, 0.5) is 0 Å². The Morgan fingerprint density at radius 2 is 1.91 bits per heavy atom. The number of benzene rings is 2. The summed E-state index contributed by atoms with van der Waals surface area (Å²) < 4.78 is 12.6. The molecule has 4 heteroatoms. The molecule has 0 spiro atoms. The lowest BCUT2D eigenvalue weighted by atomic mass is 10.1. The molecule has 0 saturated heterocycles. The Kier molecular flexibility index (Phi) is 7.43. The number of unbranched alkanes of at least 4 members (excludes halogenated alkanes) is 1. The number of methoxy groups -OCH3 is 1. The molecular weight excluding hydrogens is 354 g/mol. The summed E-state index contributed by atoms with van der Waals surface area (Å²) in [5.74, 6) is 1.56. The van der Waals surface area contributed by atoms with Crippen LogP contribution in [0.15, 0.2) is 46.9 Å². The zero-order valence-electron chi connectivity index (χ0n) is 13.8. The van der Waals surface area contributed by atoms with E-state index in [1.165, 1.54) is 12.8 Å². The predicted molar refractivity (Wildman–Crippen MR) is 98.1 cm³/mol. The van der Waals surface area contributed by atoms with E-state index in [9.17, 15) is 0 Å². The summed E-state index contributed by atoms with van der Waals surface area (Å²) in [6.07, 6.45) is 2.36. The van der Waals surface area contributed by atoms with Crippen molar-refractivity contribution in [1.29, 1.82) is 0 Å². The van der Waals surface area contributed by atoms with Crippen molar-refractivity contribution in [3.63, 3.8) is 0 Å². The first-order valence-electron chi connectivity index (χ1n) is 7.98. The molecule has 0 aliphatic heterocycles. The van der Waals surface area contributed by atoms with E-state index in [1.807, 2.05) is 24.3 Å². The van der Waals surface area contributed by atoms with Crippen LogP contribution in [0.1, 0.15) is 30.9 Å². The maximum absolute atomic E-state index is 6.07. The maximum atomic E-state index is 6.07. The first-order valence-corrected chi connectivity index (χ1v) is 8.77. The van der Waals surface area contributed by atoms with Gasteiger partial charge in [0.15, 0.2) is 11.5 Å². The topological polar surface area (TPSA) is 30.5 Å². The molecule has 23 heavy (non-hydrogen) atoms. The largest absolute Gasteiger partial charge is 0.493 e. The van der Waals surface area contributed by atoms with Gasteiger partial charge in [0.25, 0.3) is 0 Å². The van der Waals surface area contributed by atoms with Crippen molar-refractivity contribution in [2.75, 3.05) is 13.7 Å². The van der Waals surface area contributed by atoms with E-state index >= 15 is 0 Å². The third-order valence-electron chi connectivity index (χ3n) is 3.57. The first kappa shape index (κ1) is 17.8. The van der Waals surface area contributed by atoms with Gasteiger partial charge in [0.2, 0.25) is 0 Å². The second-order valence-corrected chi connectivity index (χ2v) is 6.32. The Morgan fingerprint density at radius 3 is 2.61 bits per heavy atom. The number of hydrogen-bond acceptors (Lipinski definition) is 3. The third-order valence-corrected chi connectivity index (χ3v) is 4.02. The highest BCUT2D eigenvalue weighted by molar-refractivity contribution is 9.10. The fraction of sp³-hybridized carbons (Fsp3) is 0.368. The summed E-state index contributed by atoms with van der Waals surface area (Å²) in [5.41, 5.74) is 2.24. The van der Waals surface area contributed by atoms with Gasteiger partial charge < -0.3 is 14.8 Å². The summed E-state index contributed by atoms with van der Waals surface area (Å²) in [6, 6.07) is 14.2. The Balaban J connectivity index is 2.13. The molecule has 3 nitrogen and oxygen atoms in total. The lowest BCUT2D eigenvalue weighted by molar-refractivity contribution is 0.280. The second-order valence-electron chi connectivity index (χ2n) is 5.40. The molecule has 0 aromatic heterocycles. The molecular formula is C19H24BrNO2. The van der Waals surface area contributed by atoms with Crippen LogP contribution < -0.4 is 14.8 Å². The molecule has 0 atom stereocenters. The molecule has 124 valence electrons. The fourth-order valence-electron chi connectivity index (χ4n) is 2.32. The highest BCUT2D eigenvalue weighted by Gasteiger charge is 2.13. The summed E-state index contributed by atoms with van der Waals surface area (Å²) in [4.78, 5) is 0. The van der Waals surface area contributed by atoms with Gasteiger partial charge in [-0.05, 0) is 30.7 Å². The quantitative estimate of drug-likeness (QED) is 0.628. The van der Waals surface area contributed by atoms with Crippen LogP contribution in [0, 0.1) is 0 Å². The number of hydrogen-bond donors (Lipinski definition) is 1. The van der Waals surface area contributed by atoms with E-state index in [-0.39, 0.29) is 0 Å². The predicted octanol–water partition coefficient (Wildman–Crippen LogP) is 4.93. The Labute approximate surface area is 147 Å². The van der Waals surface area contributed by atoms with Gasteiger partial charge in [0, 0.05) is 16.6 Å². The van der Waals surface area contributed by atoms with Crippen LogP contribution in [0.3, 0.4) is 0 Å². The van der Waals surface area contributed by atoms with Gasteiger partial charge in [-0.1, -0.05) is 59.6 Å². The van der Waals surface area contributed by atoms with Gasteiger partial charge in [-0.25, -0.2) is 0 Å². The molecule has 0 aliphatic carbocycles. The Morgan fingerprint density at radius 1 is 1.13 bits per heavy atom. The zero-order chi connectivity index (χ0) is 16.5. The highest BCUT2D eigenvalue weighted by atomic mass is 79.9. The minimum absolute atomic E-state index is 0.529. The van der Waals surface area contributed by atoms with E-state index in [1.54, 1.807) is 7.11 Å². The summed E-state index contributed by atoms with van der Waals surface area (Å²) in [5, 5.41) is 3.46.